The summed E-state index contributed by atoms with van der Waals surface area (Å²) >= 11 is 0. The zero-order valence-corrected chi connectivity index (χ0v) is 10.5. The average molecular weight is 213 g/mol. The predicted octanol–water partition coefficient (Wildman–Crippen LogP) is 1.13. The fourth-order valence-corrected chi connectivity index (χ4v) is 1.79. The topological polar surface area (TPSA) is 35.6 Å². The monoisotopic (exact) mass is 213 g/mol. The number of urea groups is 1. The number of hydrogen-bond donors (Lipinski definition) is 1. The van der Waals surface area contributed by atoms with Gasteiger partial charge in [-0.2, -0.15) is 0 Å². The molecular formula is C11H23N3O. The number of amides is 2. The molecule has 1 atom stereocenters. The summed E-state index contributed by atoms with van der Waals surface area (Å²) in [4.78, 5) is 15.4. The molecule has 2 amide bonds. The van der Waals surface area contributed by atoms with Crippen LogP contribution in [0.15, 0.2) is 0 Å². The molecule has 0 aromatic carbocycles. The Bertz CT molecular complexity index is 232. The van der Waals surface area contributed by atoms with Crippen LogP contribution in [0.25, 0.3) is 0 Å². The number of hydrogen-bond acceptors (Lipinski definition) is 2. The van der Waals surface area contributed by atoms with Crippen LogP contribution < -0.4 is 5.32 Å². The summed E-state index contributed by atoms with van der Waals surface area (Å²) in [6, 6.07) is 0.315. The van der Waals surface area contributed by atoms with Crippen molar-refractivity contribution < 1.29 is 4.79 Å². The zero-order valence-electron chi connectivity index (χ0n) is 10.5. The minimum Gasteiger partial charge on any atom is -0.334 e. The average Bonchev–Trinajstić information content (AvgIpc) is 2.51. The molecule has 1 rings (SSSR count). The van der Waals surface area contributed by atoms with Gasteiger partial charge in [-0.25, -0.2) is 4.79 Å². The van der Waals surface area contributed by atoms with Crippen LogP contribution in [0.4, 0.5) is 4.79 Å². The third-order valence-corrected chi connectivity index (χ3v) is 2.87. The predicted molar refractivity (Wildman–Crippen MR) is 61.9 cm³/mol. The van der Waals surface area contributed by atoms with Crippen molar-refractivity contribution in [3.63, 3.8) is 0 Å². The van der Waals surface area contributed by atoms with E-state index < -0.39 is 0 Å². The minimum atomic E-state index is 0.00996. The highest BCUT2D eigenvalue weighted by Gasteiger charge is 2.30. The van der Waals surface area contributed by atoms with Gasteiger partial charge in [-0.15, -0.1) is 0 Å². The molecule has 1 saturated heterocycles. The highest BCUT2D eigenvalue weighted by atomic mass is 16.2. The van der Waals surface area contributed by atoms with E-state index in [2.05, 4.69) is 31.0 Å². The molecule has 0 aromatic heterocycles. The van der Waals surface area contributed by atoms with Crippen molar-refractivity contribution >= 4 is 6.03 Å². The van der Waals surface area contributed by atoms with Gasteiger partial charge in [0, 0.05) is 38.8 Å². The maximum Gasteiger partial charge on any atom is 0.317 e. The quantitative estimate of drug-likeness (QED) is 0.709. The summed E-state index contributed by atoms with van der Waals surface area (Å²) in [5.41, 5.74) is 0.206. The summed E-state index contributed by atoms with van der Waals surface area (Å²) in [5, 5.41) is 3.03. The van der Waals surface area contributed by atoms with E-state index in [1.54, 1.807) is 19.0 Å². The van der Waals surface area contributed by atoms with Gasteiger partial charge in [0.2, 0.25) is 0 Å². The van der Waals surface area contributed by atoms with Crippen molar-refractivity contribution in [2.75, 3.05) is 27.2 Å². The third-order valence-electron chi connectivity index (χ3n) is 2.87. The third kappa shape index (κ3) is 3.38. The van der Waals surface area contributed by atoms with Crippen molar-refractivity contribution in [1.82, 2.24) is 15.1 Å². The molecular weight excluding hydrogens is 190 g/mol. The van der Waals surface area contributed by atoms with Gasteiger partial charge in [-0.05, 0) is 27.2 Å². The van der Waals surface area contributed by atoms with Crippen LogP contribution in [-0.2, 0) is 0 Å². The lowest BCUT2D eigenvalue weighted by Gasteiger charge is -2.31. The molecule has 0 spiro atoms. The molecule has 0 unspecified atom stereocenters. The summed E-state index contributed by atoms with van der Waals surface area (Å²) in [6.07, 6.45) is 1.05. The molecule has 1 fully saturated rings. The Morgan fingerprint density at radius 3 is 2.40 bits per heavy atom. The SMILES string of the molecule is CN(C)C(=O)N[C@H]1CCN(C(C)(C)C)C1. The van der Waals surface area contributed by atoms with Crippen LogP contribution in [0, 0.1) is 0 Å². The van der Waals surface area contributed by atoms with Crippen LogP contribution in [0.3, 0.4) is 0 Å². The van der Waals surface area contributed by atoms with Crippen LogP contribution in [0.5, 0.6) is 0 Å². The summed E-state index contributed by atoms with van der Waals surface area (Å²) in [6.45, 7) is 8.67. The Kier molecular flexibility index (Phi) is 3.60. The molecule has 0 bridgehead atoms. The second kappa shape index (κ2) is 4.39. The van der Waals surface area contributed by atoms with E-state index >= 15 is 0 Å². The molecule has 0 radical (unpaired) electrons. The van der Waals surface area contributed by atoms with E-state index in [1.807, 2.05) is 0 Å². The normalized spacial score (nSPS) is 22.9. The number of nitrogens with one attached hydrogen (secondary N) is 1. The largest absolute Gasteiger partial charge is 0.334 e. The number of carbonyl (C=O) groups excluding carboxylic acids is 1. The van der Waals surface area contributed by atoms with Gasteiger partial charge in [0.1, 0.15) is 0 Å². The van der Waals surface area contributed by atoms with Gasteiger partial charge in [0.15, 0.2) is 0 Å². The van der Waals surface area contributed by atoms with E-state index in [0.717, 1.165) is 19.5 Å². The molecule has 0 aliphatic carbocycles. The lowest BCUT2D eigenvalue weighted by atomic mass is 10.1. The Labute approximate surface area is 92.6 Å². The van der Waals surface area contributed by atoms with Gasteiger partial charge >= 0.3 is 6.03 Å². The summed E-state index contributed by atoms with van der Waals surface area (Å²) < 4.78 is 0. The second-order valence-electron chi connectivity index (χ2n) is 5.45. The Balaban J connectivity index is 2.41. The first-order valence-corrected chi connectivity index (χ1v) is 5.53. The van der Waals surface area contributed by atoms with Gasteiger partial charge < -0.3 is 10.2 Å². The van der Waals surface area contributed by atoms with Crippen LogP contribution >= 0.6 is 0 Å². The summed E-state index contributed by atoms with van der Waals surface area (Å²) in [7, 11) is 3.54. The Morgan fingerprint density at radius 2 is 2.00 bits per heavy atom. The summed E-state index contributed by atoms with van der Waals surface area (Å²) in [5.74, 6) is 0. The lowest BCUT2D eigenvalue weighted by molar-refractivity contribution is 0.169. The fourth-order valence-electron chi connectivity index (χ4n) is 1.79. The minimum absolute atomic E-state index is 0.00996. The van der Waals surface area contributed by atoms with E-state index in [0.29, 0.717) is 6.04 Å². The molecule has 0 saturated carbocycles. The van der Waals surface area contributed by atoms with Gasteiger partial charge in [-0.3, -0.25) is 4.90 Å². The smallest absolute Gasteiger partial charge is 0.317 e. The molecule has 88 valence electrons. The fraction of sp³-hybridized carbons (Fsp3) is 0.909. The maximum absolute atomic E-state index is 11.5. The molecule has 1 aliphatic rings. The standard InChI is InChI=1S/C11H23N3O/c1-11(2,3)14-7-6-9(8-14)12-10(15)13(4)5/h9H,6-8H2,1-5H3,(H,12,15)/t9-/m0/s1. The van der Waals surface area contributed by atoms with Crippen LogP contribution in [-0.4, -0.2) is 54.6 Å². The van der Waals surface area contributed by atoms with Crippen molar-refractivity contribution in [1.29, 1.82) is 0 Å². The van der Waals surface area contributed by atoms with E-state index in [1.165, 1.54) is 0 Å². The zero-order chi connectivity index (χ0) is 11.6. The highest BCUT2D eigenvalue weighted by Crippen LogP contribution is 2.20. The van der Waals surface area contributed by atoms with Crippen molar-refractivity contribution in [2.45, 2.75) is 38.8 Å². The Morgan fingerprint density at radius 1 is 1.40 bits per heavy atom. The number of nitrogens with zero attached hydrogens (tertiary/aromatic N) is 2. The van der Waals surface area contributed by atoms with E-state index in [-0.39, 0.29) is 11.6 Å². The van der Waals surface area contributed by atoms with E-state index in [4.69, 9.17) is 0 Å². The molecule has 1 heterocycles. The molecule has 1 aliphatic heterocycles. The van der Waals surface area contributed by atoms with Crippen LogP contribution in [0.2, 0.25) is 0 Å². The molecule has 15 heavy (non-hydrogen) atoms. The maximum atomic E-state index is 11.5. The number of carbonyl (C=O) groups is 1. The van der Waals surface area contributed by atoms with Crippen molar-refractivity contribution in [3.05, 3.63) is 0 Å². The Hall–Kier alpha value is -0.770. The molecule has 0 aromatic rings. The first-order chi connectivity index (χ1) is 6.80. The van der Waals surface area contributed by atoms with E-state index in [9.17, 15) is 4.79 Å². The van der Waals surface area contributed by atoms with Gasteiger partial charge in [0.25, 0.3) is 0 Å². The van der Waals surface area contributed by atoms with Gasteiger partial charge in [0.05, 0.1) is 0 Å². The number of rotatable bonds is 1. The number of likely N-dealkylation sites (tertiary alicyclic amines) is 1. The van der Waals surface area contributed by atoms with Gasteiger partial charge in [-0.1, -0.05) is 0 Å². The molecule has 1 N–H and O–H groups in total. The van der Waals surface area contributed by atoms with Crippen LogP contribution in [0.1, 0.15) is 27.2 Å². The van der Waals surface area contributed by atoms with Crippen molar-refractivity contribution in [3.8, 4) is 0 Å². The lowest BCUT2D eigenvalue weighted by Crippen LogP contribution is -2.45. The first-order valence-electron chi connectivity index (χ1n) is 5.53. The molecule has 4 nitrogen and oxygen atoms in total. The first kappa shape index (κ1) is 12.3. The highest BCUT2D eigenvalue weighted by molar-refractivity contribution is 5.73. The van der Waals surface area contributed by atoms with Crippen molar-refractivity contribution in [2.24, 2.45) is 0 Å². The second-order valence-corrected chi connectivity index (χ2v) is 5.45. The molecule has 4 heteroatoms.